The fraction of sp³-hybridized carbons (Fsp3) is 0.493. The summed E-state index contributed by atoms with van der Waals surface area (Å²) in [5.74, 6) is -10.2. The van der Waals surface area contributed by atoms with E-state index in [1.165, 1.54) is 58.4 Å². The van der Waals surface area contributed by atoms with Gasteiger partial charge in [0.1, 0.15) is 29.1 Å². The maximum Gasteiger partial charge on any atom is 0.312 e. The van der Waals surface area contributed by atoms with Crippen molar-refractivity contribution in [1.82, 2.24) is 20.5 Å². The average molecular weight is 1400 g/mol. The minimum atomic E-state index is -2.15. The normalized spacial score (nSPS) is 24.6. The van der Waals surface area contributed by atoms with Crippen LogP contribution in [0.4, 0.5) is 21.9 Å². The minimum absolute atomic E-state index is 0.0741. The fourth-order valence-corrected chi connectivity index (χ4v) is 13.5. The second kappa shape index (κ2) is 32.9. The molecule has 1 aromatic heterocycles. The number of allylic oxidation sites excluding steroid dienone is 2. The van der Waals surface area contributed by atoms with Crippen molar-refractivity contribution in [3.05, 3.63) is 112 Å². The summed E-state index contributed by atoms with van der Waals surface area (Å²) in [6, 6.07) is 8.70. The van der Waals surface area contributed by atoms with Crippen molar-refractivity contribution in [3.63, 3.8) is 0 Å². The maximum absolute atomic E-state index is 15.2. The van der Waals surface area contributed by atoms with Gasteiger partial charge in [0, 0.05) is 135 Å². The van der Waals surface area contributed by atoms with E-state index < -0.39 is 101 Å². The van der Waals surface area contributed by atoms with E-state index in [2.05, 4.69) is 26.2 Å². The number of piperidine rings is 1. The number of ether oxygens (including phenoxy) is 4. The molecule has 4 bridgehead atoms. The molecule has 0 aliphatic carbocycles. The molecule has 26 heteroatoms. The number of aromatic hydroxyl groups is 1. The Labute approximate surface area is 585 Å². The number of phenolic OH excluding ortho intramolecular Hbond substituents is 1. The van der Waals surface area contributed by atoms with Crippen LogP contribution in [0, 0.1) is 42.4 Å². The number of nitrogens with one attached hydrogen (secondary N) is 4. The monoisotopic (exact) mass is 1390 g/mol. The van der Waals surface area contributed by atoms with E-state index in [9.17, 15) is 58.8 Å². The van der Waals surface area contributed by atoms with Crippen LogP contribution in [0.25, 0.3) is 33.0 Å². The minimum Gasteiger partial charge on any atom is -0.505 e. The van der Waals surface area contributed by atoms with Gasteiger partial charge in [-0.25, -0.2) is 9.78 Å². The fourth-order valence-electron chi connectivity index (χ4n) is 13.5. The number of hydrogen-bond acceptors (Lipinski definition) is 20. The number of benzene rings is 4. The Kier molecular flexibility index (Phi) is 24.6. The van der Waals surface area contributed by atoms with Crippen molar-refractivity contribution in [2.45, 2.75) is 169 Å². The molecule has 1 fully saturated rings. The molecule has 0 spiro atoms. The van der Waals surface area contributed by atoms with Crippen LogP contribution in [0.5, 0.6) is 17.2 Å². The maximum atomic E-state index is 15.2. The first-order chi connectivity index (χ1) is 48.0. The molecule has 4 aliphatic heterocycles. The topological polar surface area (TPSA) is 378 Å². The number of methoxy groups -OCH3 is 1. The molecule has 542 valence electrons. The number of rotatable bonds is 22. The summed E-state index contributed by atoms with van der Waals surface area (Å²) >= 11 is 0. The number of imide groups is 1. The lowest BCUT2D eigenvalue weighted by Crippen LogP contribution is -2.45. The number of aliphatic hydroxyl groups excluding tert-OH is 3. The number of hydrogen-bond donors (Lipinski definition) is 9. The number of ketones is 2. The van der Waals surface area contributed by atoms with Crippen LogP contribution < -0.4 is 46.8 Å². The largest absolute Gasteiger partial charge is 0.505 e. The van der Waals surface area contributed by atoms with Gasteiger partial charge in [0.2, 0.25) is 11.8 Å². The van der Waals surface area contributed by atoms with Gasteiger partial charge in [0.05, 0.1) is 47.7 Å². The molecule has 5 aromatic rings. The Morgan fingerprint density at radius 2 is 1.53 bits per heavy atom. The highest BCUT2D eigenvalue weighted by atomic mass is 16.7. The molecule has 10 N–H and O–H groups in total. The molecule has 0 saturated carbocycles. The standard InChI is InChI=1S/C75H94N8O18/c1-39(2)60(79-54(85)22-13-11-16-33-83-55(86)27-28-56(83)87)50(84)35-47(21-18-30-77-74(76)96)73(95)78-48-25-23-46(24-26-48)38-98-52-36-49(82-31-14-12-15-32-82)37-53-61(52)80-62-57-58-67(91)45(8)69-59(57)71(93)75(9,101-69)99-34-29-51(97-10)42(5)65(89)44(7)66(90)43(6)64(88)40(3)19-17-20-41(4)72(94)81-63(68(58)92)70(62)100-53/h17,19-20,23-29,34,36-37,39-40,42-44,47,51,60,64-66,88-90,92H,11-16,18,21-22,30-33,35,38H2,1-10H3,(H,78,95)(H,79,85)(H,81,94)(H3,76,77,96)/b19-17+,34-29+,41-20-/t40-,42+,43+,44-,47+,51-,60-,64-,65+,66+,75-/m0/s1. The van der Waals surface area contributed by atoms with Crippen LogP contribution in [0.15, 0.2) is 93.9 Å². The number of primary amides is 1. The third-order valence-electron chi connectivity index (χ3n) is 19.8. The number of nitrogens with zero attached hydrogens (tertiary/aromatic N) is 3. The molecule has 0 radical (unpaired) electrons. The number of aliphatic hydroxyl groups is 3. The zero-order chi connectivity index (χ0) is 73.3. The lowest BCUT2D eigenvalue weighted by molar-refractivity contribution is -0.137. The highest BCUT2D eigenvalue weighted by Crippen LogP contribution is 2.49. The molecular weight excluding hydrogens is 1300 g/mol. The number of anilines is 3. The van der Waals surface area contributed by atoms with E-state index in [-0.39, 0.29) is 135 Å². The first kappa shape index (κ1) is 75.7. The predicted octanol–water partition coefficient (Wildman–Crippen LogP) is 8.58. The van der Waals surface area contributed by atoms with Crippen molar-refractivity contribution >= 4 is 97.2 Å². The van der Waals surface area contributed by atoms with Crippen molar-refractivity contribution in [2.75, 3.05) is 48.8 Å². The van der Waals surface area contributed by atoms with Crippen LogP contribution in [0.1, 0.15) is 141 Å². The van der Waals surface area contributed by atoms with E-state index >= 15 is 4.79 Å². The number of amides is 7. The number of urea groups is 1. The summed E-state index contributed by atoms with van der Waals surface area (Å²) in [6.07, 6.45) is 10.2. The van der Waals surface area contributed by atoms with Crippen LogP contribution in [0.2, 0.25) is 0 Å². The number of phenols is 1. The van der Waals surface area contributed by atoms with Crippen molar-refractivity contribution in [2.24, 2.45) is 41.2 Å². The molecule has 4 aromatic carbocycles. The zero-order valence-corrected chi connectivity index (χ0v) is 58.9. The molecule has 0 unspecified atom stereocenters. The number of unbranched alkanes of at least 4 members (excludes halogenated alkanes) is 2. The van der Waals surface area contributed by atoms with Crippen LogP contribution in [-0.4, -0.2) is 147 Å². The number of fused-ring (bicyclic) bond motifs is 2. The molecule has 26 nitrogen and oxygen atoms in total. The first-order valence-corrected chi connectivity index (χ1v) is 34.7. The van der Waals surface area contributed by atoms with Crippen LogP contribution in [0.3, 0.4) is 0 Å². The van der Waals surface area contributed by atoms with Gasteiger partial charge in [-0.05, 0) is 88.5 Å². The molecule has 1 saturated heterocycles. The Hall–Kier alpha value is -9.50. The van der Waals surface area contributed by atoms with E-state index in [1.807, 2.05) is 6.07 Å². The Bertz CT molecular complexity index is 4160. The molecule has 4 aliphatic rings. The van der Waals surface area contributed by atoms with Gasteiger partial charge in [-0.15, -0.1) is 0 Å². The molecular formula is C75H94N8O18. The number of Topliss-reactive ketones (excluding diaryl/α,β-unsaturated/α-hetero) is 2. The quantitative estimate of drug-likeness (QED) is 0.0103. The third-order valence-corrected chi connectivity index (χ3v) is 19.8. The average Bonchev–Trinajstić information content (AvgIpc) is 1.67. The van der Waals surface area contributed by atoms with Crippen LogP contribution in [-0.2, 0) is 44.8 Å². The van der Waals surface area contributed by atoms with Crippen molar-refractivity contribution in [1.29, 1.82) is 0 Å². The Balaban J connectivity index is 1.04. The van der Waals surface area contributed by atoms with Crippen molar-refractivity contribution in [3.8, 4) is 17.2 Å². The summed E-state index contributed by atoms with van der Waals surface area (Å²) in [4.78, 5) is 130. The molecule has 7 amide bonds. The van der Waals surface area contributed by atoms with E-state index in [4.69, 9.17) is 34.1 Å². The second-order valence-corrected chi connectivity index (χ2v) is 27.5. The van der Waals surface area contributed by atoms with Gasteiger partial charge in [-0.3, -0.25) is 43.3 Å². The van der Waals surface area contributed by atoms with Gasteiger partial charge in [0.15, 0.2) is 33.9 Å². The van der Waals surface area contributed by atoms with Crippen molar-refractivity contribution < 1.29 is 82.1 Å². The molecule has 101 heavy (non-hydrogen) atoms. The third kappa shape index (κ3) is 17.1. The van der Waals surface area contributed by atoms with Gasteiger partial charge >= 0.3 is 11.8 Å². The number of aromatic nitrogens is 1. The summed E-state index contributed by atoms with van der Waals surface area (Å²) < 4.78 is 31.8. The summed E-state index contributed by atoms with van der Waals surface area (Å²) in [6.45, 7) is 16.4. The van der Waals surface area contributed by atoms with Gasteiger partial charge in [-0.2, -0.15) is 0 Å². The second-order valence-electron chi connectivity index (χ2n) is 27.5. The Morgan fingerprint density at radius 1 is 0.851 bits per heavy atom. The summed E-state index contributed by atoms with van der Waals surface area (Å²) in [7, 11) is 1.42. The first-order valence-electron chi connectivity index (χ1n) is 34.7. The summed E-state index contributed by atoms with van der Waals surface area (Å²) in [5.41, 5.74) is 5.68. The highest BCUT2D eigenvalue weighted by Gasteiger charge is 2.50. The summed E-state index contributed by atoms with van der Waals surface area (Å²) in [5, 5.41) is 57.7. The SMILES string of the molecule is CO[C@H]1/C=C/O[C@@]2(C)Oc3c(C)c(=O)c4c(O)c(c5oc6cc(N7CCCCC7)cc(OCc7ccc(NC(=O)[C@H](CCCNC(N)=O)CC(=O)[C@@H](NC(=O)CCCCCN8C(=O)C=CC8=O)C(C)C)cc7)c6nc5c4c3C2=O)NC(=O)/C(C)=C\C=C\[C@H](C)[C@H](O)[C@@H](C)[C@@H](O)[C@@H](C)[C@H](O)[C@@H]1C. The molecule has 5 heterocycles. The number of carbonyl (C=O) groups excluding carboxylic acids is 8. The smallest absolute Gasteiger partial charge is 0.312 e. The van der Waals surface area contributed by atoms with E-state index in [1.54, 1.807) is 84.0 Å². The molecule has 11 atom stereocenters. The lowest BCUT2D eigenvalue weighted by Gasteiger charge is -2.36. The lowest BCUT2D eigenvalue weighted by atomic mass is 9.78. The number of nitrogens with two attached hydrogens (primary N) is 1. The highest BCUT2D eigenvalue weighted by molar-refractivity contribution is 6.26. The van der Waals surface area contributed by atoms with Gasteiger partial charge in [0.25, 0.3) is 23.5 Å². The van der Waals surface area contributed by atoms with E-state index in [0.717, 1.165) is 24.2 Å². The Morgan fingerprint density at radius 3 is 2.21 bits per heavy atom. The van der Waals surface area contributed by atoms with Gasteiger partial charge < -0.3 is 75.7 Å². The van der Waals surface area contributed by atoms with Crippen LogP contribution >= 0.6 is 0 Å². The molecule has 9 rings (SSSR count). The van der Waals surface area contributed by atoms with Gasteiger partial charge in [-0.1, -0.05) is 78.3 Å². The number of carbonyl (C=O) groups is 8. The predicted molar refractivity (Wildman–Crippen MR) is 379 cm³/mol. The zero-order valence-electron chi connectivity index (χ0n) is 58.9. The van der Waals surface area contributed by atoms with E-state index in [0.29, 0.717) is 55.7 Å².